The van der Waals surface area contributed by atoms with Crippen LogP contribution >= 0.6 is 0 Å². The predicted molar refractivity (Wildman–Crippen MR) is 60.8 cm³/mol. The molecule has 1 heterocycles. The maximum absolute atomic E-state index is 11.8. The van der Waals surface area contributed by atoms with Crippen molar-refractivity contribution in [1.29, 1.82) is 0 Å². The number of nitrogens with zero attached hydrogens (tertiary/aromatic N) is 1. The molecule has 0 amide bonds. The molecule has 0 radical (unpaired) electrons. The molecule has 15 heavy (non-hydrogen) atoms. The molecule has 0 saturated heterocycles. The molecule has 3 nitrogen and oxygen atoms in total. The van der Waals surface area contributed by atoms with E-state index in [0.29, 0.717) is 12.0 Å². The number of carbonyl (C=O) groups excluding carboxylic acids is 1. The van der Waals surface area contributed by atoms with Gasteiger partial charge in [-0.2, -0.15) is 0 Å². The first-order chi connectivity index (χ1) is 7.13. The second-order valence-corrected chi connectivity index (χ2v) is 3.93. The number of ketones is 1. The van der Waals surface area contributed by atoms with Crippen LogP contribution in [0.3, 0.4) is 0 Å². The van der Waals surface area contributed by atoms with Gasteiger partial charge >= 0.3 is 0 Å². The van der Waals surface area contributed by atoms with E-state index in [1.807, 2.05) is 13.0 Å². The highest BCUT2D eigenvalue weighted by Crippen LogP contribution is 2.08. The first-order valence-electron chi connectivity index (χ1n) is 5.34. The van der Waals surface area contributed by atoms with Gasteiger partial charge in [-0.25, -0.2) is 0 Å². The number of Topliss-reactive ketones (excluding diaryl/α,β-unsaturated/α-hetero) is 1. The molecule has 1 aromatic rings. The minimum absolute atomic E-state index is 0.0250. The Bertz CT molecular complexity index is 336. The van der Waals surface area contributed by atoms with Gasteiger partial charge in [0.2, 0.25) is 0 Å². The van der Waals surface area contributed by atoms with Crippen LogP contribution in [0.15, 0.2) is 18.5 Å². The molecule has 1 aromatic heterocycles. The molecule has 0 fully saturated rings. The van der Waals surface area contributed by atoms with Gasteiger partial charge in [0.25, 0.3) is 0 Å². The molecule has 1 atom stereocenters. The molecule has 0 aliphatic heterocycles. The molecule has 0 aliphatic rings. The summed E-state index contributed by atoms with van der Waals surface area (Å²) >= 11 is 0. The van der Waals surface area contributed by atoms with Gasteiger partial charge in [-0.05, 0) is 25.0 Å². The van der Waals surface area contributed by atoms with E-state index in [-0.39, 0.29) is 11.8 Å². The molecule has 2 N–H and O–H groups in total. The lowest BCUT2D eigenvalue weighted by Crippen LogP contribution is -2.23. The van der Waals surface area contributed by atoms with E-state index < -0.39 is 0 Å². The van der Waals surface area contributed by atoms with Crippen LogP contribution in [0.25, 0.3) is 0 Å². The molecule has 1 rings (SSSR count). The van der Waals surface area contributed by atoms with Crippen molar-refractivity contribution >= 4 is 5.78 Å². The molecule has 0 spiro atoms. The fourth-order valence-electron chi connectivity index (χ4n) is 1.54. The monoisotopic (exact) mass is 206 g/mol. The molecule has 1 unspecified atom stereocenters. The van der Waals surface area contributed by atoms with Gasteiger partial charge in [0.05, 0.1) is 0 Å². The number of nitrogens with two attached hydrogens (primary N) is 1. The molecular weight excluding hydrogens is 188 g/mol. The second-order valence-electron chi connectivity index (χ2n) is 3.93. The topological polar surface area (TPSA) is 56.0 Å². The van der Waals surface area contributed by atoms with Gasteiger partial charge in [0.15, 0.2) is 5.78 Å². The lowest BCUT2D eigenvalue weighted by Gasteiger charge is -2.08. The van der Waals surface area contributed by atoms with E-state index in [1.54, 1.807) is 12.4 Å². The van der Waals surface area contributed by atoms with Gasteiger partial charge < -0.3 is 5.73 Å². The van der Waals surface area contributed by atoms with Crippen LogP contribution in [0.5, 0.6) is 0 Å². The zero-order valence-electron chi connectivity index (χ0n) is 9.36. The van der Waals surface area contributed by atoms with Crippen molar-refractivity contribution in [3.63, 3.8) is 0 Å². The van der Waals surface area contributed by atoms with Gasteiger partial charge in [-0.3, -0.25) is 9.78 Å². The average molecular weight is 206 g/mol. The highest BCUT2D eigenvalue weighted by Gasteiger charge is 2.11. The lowest BCUT2D eigenvalue weighted by molar-refractivity contribution is 0.0973. The quantitative estimate of drug-likeness (QED) is 0.750. The Kier molecular flexibility index (Phi) is 4.43. The number of rotatable bonds is 5. The van der Waals surface area contributed by atoms with E-state index in [0.717, 1.165) is 18.4 Å². The fraction of sp³-hybridized carbons (Fsp3) is 0.500. The third-order valence-electron chi connectivity index (χ3n) is 2.30. The summed E-state index contributed by atoms with van der Waals surface area (Å²) in [5, 5.41) is 0. The Morgan fingerprint density at radius 1 is 1.53 bits per heavy atom. The Labute approximate surface area is 90.7 Å². The van der Waals surface area contributed by atoms with Crippen molar-refractivity contribution < 1.29 is 4.79 Å². The molecule has 82 valence electrons. The Morgan fingerprint density at radius 2 is 2.27 bits per heavy atom. The van der Waals surface area contributed by atoms with Crippen LogP contribution in [-0.2, 0) is 0 Å². The van der Waals surface area contributed by atoms with Crippen molar-refractivity contribution in [1.82, 2.24) is 4.98 Å². The van der Waals surface area contributed by atoms with E-state index in [2.05, 4.69) is 11.9 Å². The number of hydrogen-bond donors (Lipinski definition) is 1. The van der Waals surface area contributed by atoms with Gasteiger partial charge in [-0.15, -0.1) is 0 Å². The largest absolute Gasteiger partial charge is 0.327 e. The van der Waals surface area contributed by atoms with Crippen LogP contribution in [0.4, 0.5) is 0 Å². The number of carbonyl (C=O) groups is 1. The molecule has 0 aromatic carbocycles. The fourth-order valence-corrected chi connectivity index (χ4v) is 1.54. The third-order valence-corrected chi connectivity index (χ3v) is 2.30. The van der Waals surface area contributed by atoms with E-state index in [4.69, 9.17) is 5.73 Å². The highest BCUT2D eigenvalue weighted by atomic mass is 16.1. The predicted octanol–water partition coefficient (Wildman–Crippen LogP) is 2.09. The zero-order chi connectivity index (χ0) is 11.3. The van der Waals surface area contributed by atoms with Crippen molar-refractivity contribution in [3.8, 4) is 0 Å². The maximum Gasteiger partial charge on any atom is 0.165 e. The molecule has 0 bridgehead atoms. The van der Waals surface area contributed by atoms with Crippen molar-refractivity contribution in [2.45, 2.75) is 39.2 Å². The van der Waals surface area contributed by atoms with Crippen LogP contribution in [-0.4, -0.2) is 16.8 Å². The first kappa shape index (κ1) is 11.9. The number of hydrogen-bond acceptors (Lipinski definition) is 3. The minimum atomic E-state index is -0.0250. The van der Waals surface area contributed by atoms with Crippen LogP contribution < -0.4 is 5.73 Å². The summed E-state index contributed by atoms with van der Waals surface area (Å²) in [6, 6.07) is 1.83. The second kappa shape index (κ2) is 5.61. The summed E-state index contributed by atoms with van der Waals surface area (Å²) in [5.41, 5.74) is 7.49. The zero-order valence-corrected chi connectivity index (χ0v) is 9.36. The summed E-state index contributed by atoms with van der Waals surface area (Å²) < 4.78 is 0. The summed E-state index contributed by atoms with van der Waals surface area (Å²) in [6.45, 7) is 3.99. The van der Waals surface area contributed by atoms with Crippen molar-refractivity contribution in [3.05, 3.63) is 29.6 Å². The highest BCUT2D eigenvalue weighted by molar-refractivity contribution is 5.96. The third kappa shape index (κ3) is 3.80. The summed E-state index contributed by atoms with van der Waals surface area (Å²) in [7, 11) is 0. The van der Waals surface area contributed by atoms with Crippen LogP contribution in [0.1, 0.15) is 42.1 Å². The Balaban J connectivity index is 2.61. The minimum Gasteiger partial charge on any atom is -0.327 e. The number of aryl methyl sites for hydroxylation is 1. The molecule has 0 saturated carbocycles. The van der Waals surface area contributed by atoms with E-state index in [1.165, 1.54) is 0 Å². The summed E-state index contributed by atoms with van der Waals surface area (Å²) in [6.07, 6.45) is 5.67. The Morgan fingerprint density at radius 3 is 2.87 bits per heavy atom. The number of pyridine rings is 1. The van der Waals surface area contributed by atoms with Crippen molar-refractivity contribution in [2.24, 2.45) is 5.73 Å². The summed E-state index contributed by atoms with van der Waals surface area (Å²) in [5.74, 6) is 0.0900. The summed E-state index contributed by atoms with van der Waals surface area (Å²) in [4.78, 5) is 15.8. The first-order valence-corrected chi connectivity index (χ1v) is 5.34. The van der Waals surface area contributed by atoms with Gasteiger partial charge in [-0.1, -0.05) is 13.3 Å². The standard InChI is InChI=1S/C12H18N2O/c1-3-4-11(13)6-12(15)10-5-9(2)7-14-8-10/h5,7-8,11H,3-4,6,13H2,1-2H3. The maximum atomic E-state index is 11.8. The van der Waals surface area contributed by atoms with Gasteiger partial charge in [0, 0.05) is 30.4 Å². The normalized spacial score (nSPS) is 12.5. The lowest BCUT2D eigenvalue weighted by atomic mass is 10.0. The van der Waals surface area contributed by atoms with E-state index >= 15 is 0 Å². The van der Waals surface area contributed by atoms with Crippen LogP contribution in [0.2, 0.25) is 0 Å². The van der Waals surface area contributed by atoms with Crippen LogP contribution in [0, 0.1) is 6.92 Å². The molecule has 0 aliphatic carbocycles. The van der Waals surface area contributed by atoms with Gasteiger partial charge in [0.1, 0.15) is 0 Å². The number of aromatic nitrogens is 1. The molecule has 3 heteroatoms. The SMILES string of the molecule is CCCC(N)CC(=O)c1cncc(C)c1. The molecular formula is C12H18N2O. The van der Waals surface area contributed by atoms with Crippen molar-refractivity contribution in [2.75, 3.05) is 0 Å². The van der Waals surface area contributed by atoms with E-state index in [9.17, 15) is 4.79 Å². The smallest absolute Gasteiger partial charge is 0.165 e. The average Bonchev–Trinajstić information content (AvgIpc) is 2.18. The Hall–Kier alpha value is -1.22.